The molecule has 1 aromatic heterocycles. The first-order chi connectivity index (χ1) is 27.5. The zero-order valence-corrected chi connectivity index (χ0v) is 34.8. The molecule has 4 nitrogen and oxygen atoms in total. The highest BCUT2D eigenvalue weighted by Crippen LogP contribution is 2.44. The molecule has 0 fully saturated rings. The molecular formula is C53H53N4+. The van der Waals surface area contributed by atoms with E-state index < -0.39 is 0 Å². The Balaban J connectivity index is 1.08. The molecule has 0 bridgehead atoms. The normalized spacial score (nSPS) is 13.7. The van der Waals surface area contributed by atoms with E-state index in [0.717, 1.165) is 38.6 Å². The fourth-order valence-corrected chi connectivity index (χ4v) is 8.72. The molecule has 2 heterocycles. The summed E-state index contributed by atoms with van der Waals surface area (Å²) in [5.74, 6) is 0. The third-order valence-electron chi connectivity index (χ3n) is 12.6. The van der Waals surface area contributed by atoms with Gasteiger partial charge >= 0.3 is 0 Å². The van der Waals surface area contributed by atoms with Crippen molar-refractivity contribution >= 4 is 39.8 Å². The molecule has 6 aromatic carbocycles. The van der Waals surface area contributed by atoms with Crippen molar-refractivity contribution in [3.63, 3.8) is 0 Å². The molecule has 0 atom stereocenters. The predicted molar refractivity (Wildman–Crippen MR) is 243 cm³/mol. The first kappa shape index (κ1) is 37.6. The van der Waals surface area contributed by atoms with Crippen LogP contribution in [-0.4, -0.2) is 23.1 Å². The molecule has 0 saturated heterocycles. The van der Waals surface area contributed by atoms with Gasteiger partial charge in [0, 0.05) is 70.5 Å². The van der Waals surface area contributed by atoms with E-state index >= 15 is 0 Å². The van der Waals surface area contributed by atoms with Crippen LogP contribution in [0.25, 0.3) is 28.1 Å². The van der Waals surface area contributed by atoms with E-state index in [-0.39, 0.29) is 0 Å². The number of anilines is 6. The van der Waals surface area contributed by atoms with Gasteiger partial charge in [-0.1, -0.05) is 72.8 Å². The molecule has 8 rings (SSSR count). The van der Waals surface area contributed by atoms with Gasteiger partial charge in [0.25, 0.3) is 0 Å². The summed E-state index contributed by atoms with van der Waals surface area (Å²) < 4.78 is 3.10. The van der Waals surface area contributed by atoms with Crippen LogP contribution in [0.15, 0.2) is 175 Å². The van der Waals surface area contributed by atoms with E-state index in [0.29, 0.717) is 0 Å². The van der Waals surface area contributed by atoms with Crippen molar-refractivity contribution < 1.29 is 4.48 Å². The predicted octanol–water partition coefficient (Wildman–Crippen LogP) is 14.3. The van der Waals surface area contributed by atoms with Gasteiger partial charge in [-0.05, 0) is 147 Å². The number of allylic oxidation sites excluding steroid dienone is 3. The van der Waals surface area contributed by atoms with Crippen LogP contribution in [0.2, 0.25) is 0 Å². The first-order valence-electron chi connectivity index (χ1n) is 19.9. The van der Waals surface area contributed by atoms with Crippen LogP contribution in [0.5, 0.6) is 0 Å². The Morgan fingerprint density at radius 3 is 1.07 bits per heavy atom. The molecule has 0 amide bonds. The molecule has 1 aliphatic rings. The maximum Gasteiger partial charge on any atom is 0.147 e. The lowest BCUT2D eigenvalue weighted by Crippen LogP contribution is -2.33. The second-order valence-electron chi connectivity index (χ2n) is 15.9. The van der Waals surface area contributed by atoms with Crippen LogP contribution in [0, 0.1) is 20.8 Å². The topological polar surface area (TPSA) is 11.4 Å². The van der Waals surface area contributed by atoms with Crippen molar-refractivity contribution in [2.75, 3.05) is 23.9 Å². The van der Waals surface area contributed by atoms with Gasteiger partial charge in [-0.25, -0.2) is 0 Å². The van der Waals surface area contributed by atoms with Gasteiger partial charge in [-0.3, -0.25) is 4.48 Å². The van der Waals surface area contributed by atoms with Gasteiger partial charge < -0.3 is 14.4 Å². The number of quaternary nitrogens is 1. The number of nitrogens with zero attached hydrogens (tertiary/aromatic N) is 4. The Bertz CT molecular complexity index is 2580. The number of hydrogen-bond acceptors (Lipinski definition) is 2. The van der Waals surface area contributed by atoms with E-state index in [2.05, 4.69) is 235 Å². The van der Waals surface area contributed by atoms with Gasteiger partial charge in [-0.2, -0.15) is 0 Å². The third-order valence-corrected chi connectivity index (χ3v) is 12.6. The molecule has 1 aliphatic heterocycles. The van der Waals surface area contributed by atoms with Crippen molar-refractivity contribution in [2.45, 2.75) is 41.5 Å². The summed E-state index contributed by atoms with van der Waals surface area (Å²) in [5, 5.41) is 0. The van der Waals surface area contributed by atoms with Crippen molar-refractivity contribution in [1.82, 2.24) is 4.57 Å². The highest BCUT2D eigenvalue weighted by Gasteiger charge is 2.36. The number of benzene rings is 6. The fourth-order valence-electron chi connectivity index (χ4n) is 8.72. The van der Waals surface area contributed by atoms with Gasteiger partial charge in [-0.15, -0.1) is 0 Å². The minimum absolute atomic E-state index is 0.785. The van der Waals surface area contributed by atoms with Crippen molar-refractivity contribution in [1.29, 1.82) is 0 Å². The fraction of sp³-hybridized carbons (Fsp3) is 0.170. The Hall–Kier alpha value is -6.36. The molecule has 284 valence electrons. The van der Waals surface area contributed by atoms with Gasteiger partial charge in [0.2, 0.25) is 0 Å². The third kappa shape index (κ3) is 6.70. The van der Waals surface area contributed by atoms with Gasteiger partial charge in [0.15, 0.2) is 0 Å². The monoisotopic (exact) mass is 745 g/mol. The van der Waals surface area contributed by atoms with Crippen molar-refractivity contribution in [3.8, 4) is 22.4 Å². The summed E-state index contributed by atoms with van der Waals surface area (Å²) in [4.78, 5) is 4.67. The molecule has 0 saturated carbocycles. The molecule has 4 heteroatoms. The standard InChI is InChI=1S/C53H53N4/c1-36-38(3)52(54(7)40(36)5)44-24-32-50(33-25-44)55(46-16-12-10-13-17-46)48-28-20-42(21-29-48)43-22-30-49(31-23-43)56(47-18-14-11-15-19-47)51-34-26-45(27-35-51)53-39(4)37(2)41(6)57(53,8)9/h10-35H,1-9H3/q+1. The Kier molecular flexibility index (Phi) is 9.85. The average Bonchev–Trinajstić information content (AvgIpc) is 3.53. The SMILES string of the molecule is CC1=C(C)[N+](C)(C)C(c2ccc(N(c3ccccc3)c3ccc(-c4ccc(N(c5ccccc5)c5ccc(-c6c(C)c(C)c(C)n6C)cc5)cc4)cc3)cc2)=C1C. The summed E-state index contributed by atoms with van der Waals surface area (Å²) in [6.07, 6.45) is 0. The lowest BCUT2D eigenvalue weighted by molar-refractivity contribution is -0.775. The van der Waals surface area contributed by atoms with Crippen LogP contribution in [0.1, 0.15) is 43.2 Å². The quantitative estimate of drug-likeness (QED) is 0.136. The highest BCUT2D eigenvalue weighted by molar-refractivity contribution is 5.82. The maximum atomic E-state index is 2.34. The summed E-state index contributed by atoms with van der Waals surface area (Å²) in [6.45, 7) is 13.4. The molecule has 0 spiro atoms. The second-order valence-corrected chi connectivity index (χ2v) is 15.9. The zero-order valence-electron chi connectivity index (χ0n) is 34.8. The summed E-state index contributed by atoms with van der Waals surface area (Å²) >= 11 is 0. The van der Waals surface area contributed by atoms with Gasteiger partial charge in [0.1, 0.15) is 11.4 Å². The average molecular weight is 746 g/mol. The second kappa shape index (κ2) is 14.9. The summed E-state index contributed by atoms with van der Waals surface area (Å²) in [6, 6.07) is 57.2. The van der Waals surface area contributed by atoms with Gasteiger partial charge in [0.05, 0.1) is 19.8 Å². The summed E-state index contributed by atoms with van der Waals surface area (Å²) in [7, 11) is 6.74. The van der Waals surface area contributed by atoms with E-state index in [1.807, 2.05) is 0 Å². The minimum atomic E-state index is 0.785. The Labute approximate surface area is 339 Å². The molecule has 0 radical (unpaired) electrons. The molecule has 0 aliphatic carbocycles. The van der Waals surface area contributed by atoms with E-state index in [1.54, 1.807) is 0 Å². The van der Waals surface area contributed by atoms with Crippen LogP contribution in [-0.2, 0) is 7.05 Å². The maximum absolute atomic E-state index is 2.34. The highest BCUT2D eigenvalue weighted by atomic mass is 15.3. The van der Waals surface area contributed by atoms with E-state index in [9.17, 15) is 0 Å². The largest absolute Gasteiger partial charge is 0.347 e. The zero-order chi connectivity index (χ0) is 40.0. The van der Waals surface area contributed by atoms with Crippen LogP contribution >= 0.6 is 0 Å². The number of hydrogen-bond donors (Lipinski definition) is 0. The first-order valence-corrected chi connectivity index (χ1v) is 19.9. The summed E-state index contributed by atoms with van der Waals surface area (Å²) in [5.41, 5.74) is 22.4. The van der Waals surface area contributed by atoms with Crippen LogP contribution < -0.4 is 9.80 Å². The molecule has 0 N–H and O–H groups in total. The number of rotatable bonds is 9. The molecular weight excluding hydrogens is 693 g/mol. The van der Waals surface area contributed by atoms with Crippen LogP contribution in [0.4, 0.5) is 34.1 Å². The Morgan fingerprint density at radius 2 is 0.737 bits per heavy atom. The van der Waals surface area contributed by atoms with E-state index in [1.165, 1.54) is 67.3 Å². The molecule has 7 aromatic rings. The molecule has 57 heavy (non-hydrogen) atoms. The minimum Gasteiger partial charge on any atom is -0.347 e. The lowest BCUT2D eigenvalue weighted by Gasteiger charge is -2.30. The molecule has 0 unspecified atom stereocenters. The van der Waals surface area contributed by atoms with Crippen molar-refractivity contribution in [3.05, 3.63) is 197 Å². The number of para-hydroxylation sites is 2. The number of aromatic nitrogens is 1. The lowest BCUT2D eigenvalue weighted by atomic mass is 10.0. The smallest absolute Gasteiger partial charge is 0.147 e. The van der Waals surface area contributed by atoms with Crippen LogP contribution in [0.3, 0.4) is 0 Å². The van der Waals surface area contributed by atoms with Crippen molar-refractivity contribution in [2.24, 2.45) is 7.05 Å². The Morgan fingerprint density at radius 1 is 0.386 bits per heavy atom. The van der Waals surface area contributed by atoms with E-state index in [4.69, 9.17) is 0 Å².